The Morgan fingerprint density at radius 1 is 0.725 bits per heavy atom. The van der Waals surface area contributed by atoms with Crippen molar-refractivity contribution in [3.63, 3.8) is 0 Å². The molecule has 15 heteroatoms. The first-order chi connectivity index (χ1) is 24.4. The molecule has 264 valence electrons. The maximum atomic E-state index is 14.7. The van der Waals surface area contributed by atoms with E-state index < -0.39 is 94.5 Å². The number of aliphatic hydroxyl groups excluding tert-OH is 4. The van der Waals surface area contributed by atoms with E-state index in [9.17, 15) is 55.5 Å². The molecule has 2 aliphatic rings. The summed E-state index contributed by atoms with van der Waals surface area (Å²) in [7, 11) is 0. The van der Waals surface area contributed by atoms with Gasteiger partial charge in [-0.1, -0.05) is 12.1 Å². The maximum absolute atomic E-state index is 14.7. The van der Waals surface area contributed by atoms with Crippen LogP contribution in [0.15, 0.2) is 82.0 Å². The second-order valence-electron chi connectivity index (χ2n) is 12.2. The van der Waals surface area contributed by atoms with Gasteiger partial charge in [-0.15, -0.1) is 0 Å². The van der Waals surface area contributed by atoms with E-state index in [-0.39, 0.29) is 39.7 Å². The lowest BCUT2D eigenvalue weighted by molar-refractivity contribution is -0.277. The van der Waals surface area contributed by atoms with Crippen LogP contribution in [0.2, 0.25) is 0 Å². The van der Waals surface area contributed by atoms with Crippen molar-refractivity contribution in [1.82, 2.24) is 0 Å². The van der Waals surface area contributed by atoms with Crippen molar-refractivity contribution < 1.29 is 69.4 Å². The van der Waals surface area contributed by atoms with E-state index in [2.05, 4.69) is 0 Å². The Kier molecular flexibility index (Phi) is 8.45. The Balaban J connectivity index is 1.53. The molecule has 0 radical (unpaired) electrons. The second-order valence-corrected chi connectivity index (χ2v) is 12.2. The smallest absolute Gasteiger partial charge is 0.229 e. The fraction of sp³-hybridized carbons (Fsp3) is 0.222. The number of rotatable bonds is 6. The van der Waals surface area contributed by atoms with Crippen molar-refractivity contribution in [3.05, 3.63) is 99.7 Å². The lowest BCUT2D eigenvalue weighted by Crippen LogP contribution is -2.60. The number of aliphatic hydroxyl groups is 4. The number of phenols is 5. The predicted molar refractivity (Wildman–Crippen MR) is 174 cm³/mol. The number of Topliss-reactive ketones (excluding diaryl/α,β-unsaturated/α-hetero) is 1. The van der Waals surface area contributed by atoms with Crippen molar-refractivity contribution in [2.24, 2.45) is 0 Å². The van der Waals surface area contributed by atoms with Crippen LogP contribution in [0.3, 0.4) is 0 Å². The number of carbonyl (C=O) groups is 1. The number of ketones is 1. The molecular weight excluding hydrogens is 672 g/mol. The molecule has 1 saturated heterocycles. The molecule has 9 N–H and O–H groups in total. The van der Waals surface area contributed by atoms with Crippen LogP contribution in [0.1, 0.15) is 33.5 Å². The Morgan fingerprint density at radius 2 is 1.39 bits per heavy atom. The molecule has 2 aliphatic heterocycles. The van der Waals surface area contributed by atoms with E-state index in [1.165, 1.54) is 48.5 Å². The van der Waals surface area contributed by atoms with E-state index in [0.717, 1.165) is 24.3 Å². The van der Waals surface area contributed by atoms with Crippen molar-refractivity contribution >= 4 is 16.8 Å². The van der Waals surface area contributed by atoms with Crippen LogP contribution in [0, 0.1) is 0 Å². The summed E-state index contributed by atoms with van der Waals surface area (Å²) in [4.78, 5) is 28.4. The molecule has 5 aromatic rings. The summed E-state index contributed by atoms with van der Waals surface area (Å²) in [5, 5.41) is 93.3. The highest BCUT2D eigenvalue weighted by Crippen LogP contribution is 2.52. The highest BCUT2D eigenvalue weighted by molar-refractivity contribution is 6.09. The minimum absolute atomic E-state index is 0.0725. The van der Waals surface area contributed by atoms with Gasteiger partial charge in [0.15, 0.2) is 11.2 Å². The van der Waals surface area contributed by atoms with Gasteiger partial charge in [-0.3, -0.25) is 9.59 Å². The summed E-state index contributed by atoms with van der Waals surface area (Å²) in [6, 6.07) is 15.1. The van der Waals surface area contributed by atoms with Crippen LogP contribution in [0.4, 0.5) is 0 Å². The molecule has 0 unspecified atom stereocenters. The molecule has 3 heterocycles. The van der Waals surface area contributed by atoms with Gasteiger partial charge in [0.1, 0.15) is 93.1 Å². The van der Waals surface area contributed by atoms with Gasteiger partial charge < -0.3 is 64.6 Å². The average Bonchev–Trinajstić information content (AvgIpc) is 3.09. The number of carbonyl (C=O) groups excluding carboxylic acids is 1. The van der Waals surface area contributed by atoms with Gasteiger partial charge in [0.05, 0.1) is 18.1 Å². The van der Waals surface area contributed by atoms with Gasteiger partial charge in [0, 0.05) is 29.8 Å². The molecule has 0 spiro atoms. The normalized spacial score (nSPS) is 24.5. The lowest BCUT2D eigenvalue weighted by Gasteiger charge is -2.40. The predicted octanol–water partition coefficient (Wildman–Crippen LogP) is 2.27. The molecule has 15 nitrogen and oxygen atoms in total. The largest absolute Gasteiger partial charge is 0.508 e. The average molecular weight is 703 g/mol. The molecule has 4 aromatic carbocycles. The summed E-state index contributed by atoms with van der Waals surface area (Å²) >= 11 is 0. The quantitative estimate of drug-likeness (QED) is 0.123. The summed E-state index contributed by atoms with van der Waals surface area (Å²) in [6.45, 7) is -0.799. The van der Waals surface area contributed by atoms with E-state index in [0.29, 0.717) is 5.56 Å². The van der Waals surface area contributed by atoms with Gasteiger partial charge in [-0.05, 0) is 42.0 Å². The van der Waals surface area contributed by atoms with E-state index in [1.54, 1.807) is 0 Å². The summed E-state index contributed by atoms with van der Waals surface area (Å²) in [6.07, 6.45) is -10.2. The number of benzene rings is 4. The van der Waals surface area contributed by atoms with Crippen LogP contribution in [-0.2, 0) is 4.74 Å². The first kappa shape index (κ1) is 33.6. The molecule has 7 rings (SSSR count). The minimum atomic E-state index is -1.94. The summed E-state index contributed by atoms with van der Waals surface area (Å²) in [5.74, 6) is -5.16. The number of hydrogen-bond donors (Lipinski definition) is 9. The van der Waals surface area contributed by atoms with Crippen LogP contribution < -0.4 is 14.9 Å². The zero-order valence-corrected chi connectivity index (χ0v) is 26.2. The minimum Gasteiger partial charge on any atom is -0.508 e. The van der Waals surface area contributed by atoms with Crippen LogP contribution >= 0.6 is 0 Å². The van der Waals surface area contributed by atoms with Gasteiger partial charge >= 0.3 is 0 Å². The second kappa shape index (κ2) is 12.8. The Labute approximate surface area is 286 Å². The molecule has 51 heavy (non-hydrogen) atoms. The highest BCUT2D eigenvalue weighted by atomic mass is 16.7. The van der Waals surface area contributed by atoms with E-state index >= 15 is 0 Å². The number of phenolic OH excluding ortho intramolecular Hbond substituents is 5. The van der Waals surface area contributed by atoms with E-state index in [1.807, 2.05) is 0 Å². The zero-order chi connectivity index (χ0) is 36.3. The molecule has 0 aliphatic carbocycles. The monoisotopic (exact) mass is 702 g/mol. The topological polar surface area (TPSA) is 257 Å². The van der Waals surface area contributed by atoms with Crippen molar-refractivity contribution in [2.45, 2.75) is 42.7 Å². The Morgan fingerprint density at radius 3 is 2.06 bits per heavy atom. The third kappa shape index (κ3) is 5.82. The standard InChI is InChI=1S/C36H30O15/c37-13-25-30(44)32(46)33(47)36(51-25)50-24-12-21(43)26-20(42)11-22(14-1-5-16(38)6-2-14)48-35(26)28(24)29-31(45)27-19(41)9-18(40)10-23(27)49-34(29)15-3-7-17(39)8-4-15/h1-12,25,29-30,32-34,36-41,43-44,46-47H,13H2/t25-,29+,30-,32+,33-,34+,36+/m1/s1. The Hall–Kier alpha value is -5.84. The first-order valence-corrected chi connectivity index (χ1v) is 15.5. The molecular formula is C36H30O15. The fourth-order valence-corrected chi connectivity index (χ4v) is 6.39. The number of fused-ring (bicyclic) bond motifs is 2. The molecule has 7 atom stereocenters. The zero-order valence-electron chi connectivity index (χ0n) is 26.2. The van der Waals surface area contributed by atoms with Crippen LogP contribution in [0.25, 0.3) is 22.3 Å². The lowest BCUT2D eigenvalue weighted by atomic mass is 9.79. The molecule has 1 fully saturated rings. The Bertz CT molecular complexity index is 2190. The number of aromatic hydroxyl groups is 5. The third-order valence-corrected chi connectivity index (χ3v) is 8.91. The molecule has 0 saturated carbocycles. The van der Waals surface area contributed by atoms with E-state index in [4.69, 9.17) is 18.6 Å². The SMILES string of the molecule is O=C1c2c(O)cc(O)cc2O[C@@H](c2ccc(O)cc2)[C@H]1c1c(O[C@H]2O[C@H](CO)[C@@H](O)[C@H](O)[C@H]2O)cc(O)c2c(=O)cc(-c3ccc(O)cc3)oc12. The summed E-state index contributed by atoms with van der Waals surface area (Å²) < 4.78 is 24.1. The molecule has 1 aromatic heterocycles. The van der Waals surface area contributed by atoms with Crippen molar-refractivity contribution in [3.8, 4) is 51.6 Å². The highest BCUT2D eigenvalue weighted by Gasteiger charge is 2.48. The fourth-order valence-electron chi connectivity index (χ4n) is 6.39. The third-order valence-electron chi connectivity index (χ3n) is 8.91. The van der Waals surface area contributed by atoms with Crippen LogP contribution in [0.5, 0.6) is 40.2 Å². The first-order valence-electron chi connectivity index (χ1n) is 15.5. The van der Waals surface area contributed by atoms with Gasteiger partial charge in [-0.2, -0.15) is 0 Å². The molecule has 0 bridgehead atoms. The van der Waals surface area contributed by atoms with Crippen molar-refractivity contribution in [2.75, 3.05) is 6.61 Å². The molecule has 0 amide bonds. The number of ether oxygens (including phenoxy) is 3. The number of hydrogen-bond acceptors (Lipinski definition) is 15. The van der Waals surface area contributed by atoms with Gasteiger partial charge in [0.2, 0.25) is 6.29 Å². The van der Waals surface area contributed by atoms with Crippen molar-refractivity contribution in [1.29, 1.82) is 0 Å². The maximum Gasteiger partial charge on any atom is 0.229 e. The van der Waals surface area contributed by atoms with Gasteiger partial charge in [-0.25, -0.2) is 0 Å². The van der Waals surface area contributed by atoms with Crippen LogP contribution in [-0.4, -0.2) is 89.1 Å². The summed E-state index contributed by atoms with van der Waals surface area (Å²) in [5.41, 5.74) is -1.23. The van der Waals surface area contributed by atoms with Gasteiger partial charge in [0.25, 0.3) is 0 Å².